The lowest BCUT2D eigenvalue weighted by molar-refractivity contribution is 0.655. The van der Waals surface area contributed by atoms with E-state index in [2.05, 4.69) is 87.2 Å². The molecule has 0 fully saturated rings. The van der Waals surface area contributed by atoms with Crippen LogP contribution < -0.4 is 10.6 Å². The minimum absolute atomic E-state index is 0.125. The predicted octanol–water partition coefficient (Wildman–Crippen LogP) is 7.15. The highest BCUT2D eigenvalue weighted by Gasteiger charge is 2.26. The molecular weight excluding hydrogens is 420 g/mol. The van der Waals surface area contributed by atoms with Gasteiger partial charge in [-0.2, -0.15) is 12.6 Å². The first-order valence-corrected chi connectivity index (χ1v) is 12.5. The number of anilines is 1. The molecule has 1 aliphatic rings. The summed E-state index contributed by atoms with van der Waals surface area (Å²) in [6.07, 6.45) is 4.69. The first-order valence-electron chi connectivity index (χ1n) is 12.0. The second-order valence-electron chi connectivity index (χ2n) is 8.98. The van der Waals surface area contributed by atoms with Gasteiger partial charge in [-0.1, -0.05) is 63.4 Å². The van der Waals surface area contributed by atoms with Crippen molar-refractivity contribution >= 4 is 29.6 Å². The van der Waals surface area contributed by atoms with E-state index in [1.54, 1.807) is 0 Å². The molecule has 0 amide bonds. The third-order valence-corrected chi connectivity index (χ3v) is 7.22. The van der Waals surface area contributed by atoms with Crippen LogP contribution in [0.3, 0.4) is 0 Å². The zero-order valence-corrected chi connectivity index (χ0v) is 21.5. The second-order valence-corrected chi connectivity index (χ2v) is 9.71. The lowest BCUT2D eigenvalue weighted by atomic mass is 9.81. The van der Waals surface area contributed by atoms with Gasteiger partial charge in [0.15, 0.2) is 0 Å². The zero-order chi connectivity index (χ0) is 24.1. The van der Waals surface area contributed by atoms with Gasteiger partial charge in [-0.3, -0.25) is 0 Å². The van der Waals surface area contributed by atoms with Crippen LogP contribution in [0.25, 0.3) is 11.3 Å². The number of benzene rings is 2. The topological polar surface area (TPSA) is 24.1 Å². The Labute approximate surface area is 206 Å². The number of allylic oxidation sites excluding steroid dienone is 1. The molecule has 174 valence electrons. The Balaban J connectivity index is 1.95. The summed E-state index contributed by atoms with van der Waals surface area (Å²) >= 11 is 4.77. The van der Waals surface area contributed by atoms with Gasteiger partial charge in [-0.25, -0.2) is 0 Å². The summed E-state index contributed by atoms with van der Waals surface area (Å²) < 4.78 is 0. The average Bonchev–Trinajstić information content (AvgIpc) is 2.83. The molecule has 1 aliphatic carbocycles. The van der Waals surface area contributed by atoms with E-state index in [0.717, 1.165) is 54.6 Å². The maximum atomic E-state index is 4.77. The summed E-state index contributed by atoms with van der Waals surface area (Å²) in [6.45, 7) is 19.3. The monoisotopic (exact) mass is 458 g/mol. The second kappa shape index (κ2) is 11.0. The summed E-state index contributed by atoms with van der Waals surface area (Å²) in [4.78, 5) is 0. The predicted molar refractivity (Wildman–Crippen MR) is 149 cm³/mol. The SMILES string of the molecule is C=C=C1CC(S)Cc2c(NC)cc(C(=C)NC(Cc3ccc(CC)cc3)C(=C)CC)c(C)c21. The summed E-state index contributed by atoms with van der Waals surface area (Å²) in [6, 6.07) is 11.3. The summed E-state index contributed by atoms with van der Waals surface area (Å²) in [7, 11) is 1.98. The standard InChI is InChI=1S/C30H38N2S/c1-8-19(4)28(15-23-13-11-22(9-2)12-14-23)32-21(6)26-18-29(31-7)27-17-25(33)16-24(10-3)30(27)20(26)5/h11-14,18,25,28,31-33H,3-4,6,8-9,15-17H2,1-2,5,7H3. The molecule has 0 spiro atoms. The fourth-order valence-electron chi connectivity index (χ4n) is 4.78. The number of hydrogen-bond donors (Lipinski definition) is 3. The molecule has 3 rings (SSSR count). The van der Waals surface area contributed by atoms with Crippen LogP contribution in [0.5, 0.6) is 0 Å². The fourth-order valence-corrected chi connectivity index (χ4v) is 5.14. The number of fused-ring (bicyclic) bond motifs is 1. The molecule has 0 aliphatic heterocycles. The van der Waals surface area contributed by atoms with E-state index in [1.165, 1.54) is 33.4 Å². The van der Waals surface area contributed by atoms with Crippen LogP contribution in [0.2, 0.25) is 0 Å². The Hall–Kier alpha value is -2.61. The number of nitrogens with one attached hydrogen (secondary N) is 2. The van der Waals surface area contributed by atoms with Crippen LogP contribution in [0.4, 0.5) is 5.69 Å². The van der Waals surface area contributed by atoms with Crippen molar-refractivity contribution in [3.63, 3.8) is 0 Å². The third-order valence-electron chi connectivity index (χ3n) is 6.85. The minimum atomic E-state index is 0.125. The van der Waals surface area contributed by atoms with Crippen molar-refractivity contribution in [3.05, 3.63) is 94.8 Å². The molecule has 0 radical (unpaired) electrons. The normalized spacial score (nSPS) is 15.9. The Bertz CT molecular complexity index is 1090. The van der Waals surface area contributed by atoms with Gasteiger partial charge in [0.25, 0.3) is 0 Å². The highest BCUT2D eigenvalue weighted by atomic mass is 32.1. The van der Waals surface area contributed by atoms with Gasteiger partial charge < -0.3 is 10.6 Å². The van der Waals surface area contributed by atoms with Crippen LogP contribution in [-0.4, -0.2) is 18.3 Å². The molecule has 2 atom stereocenters. The first-order chi connectivity index (χ1) is 15.8. The van der Waals surface area contributed by atoms with Crippen molar-refractivity contribution in [3.8, 4) is 0 Å². The lowest BCUT2D eigenvalue weighted by Gasteiger charge is -2.30. The average molecular weight is 459 g/mol. The Kier molecular flexibility index (Phi) is 8.35. The van der Waals surface area contributed by atoms with Gasteiger partial charge in [0, 0.05) is 34.8 Å². The van der Waals surface area contributed by atoms with E-state index < -0.39 is 0 Å². The number of aryl methyl sites for hydroxylation is 1. The Morgan fingerprint density at radius 3 is 2.39 bits per heavy atom. The zero-order valence-electron chi connectivity index (χ0n) is 20.6. The third kappa shape index (κ3) is 5.49. The highest BCUT2D eigenvalue weighted by Crippen LogP contribution is 2.41. The molecule has 33 heavy (non-hydrogen) atoms. The Morgan fingerprint density at radius 1 is 1.15 bits per heavy atom. The molecule has 0 bridgehead atoms. The molecule has 2 aromatic rings. The van der Waals surface area contributed by atoms with E-state index in [-0.39, 0.29) is 11.3 Å². The van der Waals surface area contributed by atoms with Crippen molar-refractivity contribution in [1.82, 2.24) is 5.32 Å². The van der Waals surface area contributed by atoms with E-state index in [1.807, 2.05) is 7.05 Å². The fraction of sp³-hybridized carbons (Fsp3) is 0.367. The van der Waals surface area contributed by atoms with Crippen molar-refractivity contribution in [2.45, 2.75) is 64.2 Å². The molecule has 2 aromatic carbocycles. The van der Waals surface area contributed by atoms with Crippen LogP contribution in [-0.2, 0) is 19.3 Å². The highest BCUT2D eigenvalue weighted by molar-refractivity contribution is 7.81. The lowest BCUT2D eigenvalue weighted by Crippen LogP contribution is -2.31. The Morgan fingerprint density at radius 2 is 1.82 bits per heavy atom. The van der Waals surface area contributed by atoms with Crippen LogP contribution in [0.15, 0.2) is 61.4 Å². The summed E-state index contributed by atoms with van der Waals surface area (Å²) in [5, 5.41) is 7.41. The molecule has 2 nitrogen and oxygen atoms in total. The van der Waals surface area contributed by atoms with Crippen molar-refractivity contribution in [1.29, 1.82) is 0 Å². The molecule has 2 unspecified atom stereocenters. The van der Waals surface area contributed by atoms with Gasteiger partial charge in [-0.15, -0.1) is 5.73 Å². The van der Waals surface area contributed by atoms with E-state index >= 15 is 0 Å². The molecule has 0 aromatic heterocycles. The summed E-state index contributed by atoms with van der Waals surface area (Å²) in [5.41, 5.74) is 15.1. The van der Waals surface area contributed by atoms with Gasteiger partial charge >= 0.3 is 0 Å². The maximum absolute atomic E-state index is 4.77. The van der Waals surface area contributed by atoms with Crippen molar-refractivity contribution in [2.75, 3.05) is 12.4 Å². The molecule has 0 saturated carbocycles. The number of rotatable bonds is 9. The molecule has 0 heterocycles. The molecular formula is C30H38N2S. The van der Waals surface area contributed by atoms with Crippen molar-refractivity contribution < 1.29 is 0 Å². The minimum Gasteiger partial charge on any atom is -0.388 e. The summed E-state index contributed by atoms with van der Waals surface area (Å²) in [5.74, 6) is 0. The van der Waals surface area contributed by atoms with E-state index in [0.29, 0.717) is 0 Å². The van der Waals surface area contributed by atoms with Gasteiger partial charge in [0.05, 0.1) is 6.04 Å². The first kappa shape index (κ1) is 25.0. The maximum Gasteiger partial charge on any atom is 0.0511 e. The van der Waals surface area contributed by atoms with Crippen molar-refractivity contribution in [2.24, 2.45) is 0 Å². The molecule has 0 saturated heterocycles. The van der Waals surface area contributed by atoms with Gasteiger partial charge in [-0.05, 0) is 72.9 Å². The molecule has 2 N–H and O–H groups in total. The van der Waals surface area contributed by atoms with Crippen LogP contribution >= 0.6 is 12.6 Å². The molecule has 3 heteroatoms. The van der Waals surface area contributed by atoms with Crippen LogP contribution in [0.1, 0.15) is 60.1 Å². The van der Waals surface area contributed by atoms with E-state index in [9.17, 15) is 0 Å². The van der Waals surface area contributed by atoms with Crippen LogP contribution in [0, 0.1) is 6.92 Å². The quantitative estimate of drug-likeness (QED) is 0.211. The van der Waals surface area contributed by atoms with Gasteiger partial charge in [0.1, 0.15) is 0 Å². The van der Waals surface area contributed by atoms with E-state index in [4.69, 9.17) is 12.6 Å². The number of hydrogen-bond acceptors (Lipinski definition) is 3. The number of thiol groups is 1. The largest absolute Gasteiger partial charge is 0.388 e. The smallest absolute Gasteiger partial charge is 0.0511 e. The van der Waals surface area contributed by atoms with Gasteiger partial charge in [0.2, 0.25) is 0 Å².